The van der Waals surface area contributed by atoms with E-state index in [1.807, 2.05) is 17.0 Å². The summed E-state index contributed by atoms with van der Waals surface area (Å²) < 4.78 is 5.33. The summed E-state index contributed by atoms with van der Waals surface area (Å²) in [6, 6.07) is 16.8. The van der Waals surface area contributed by atoms with Crippen LogP contribution in [0.4, 0.5) is 0 Å². The van der Waals surface area contributed by atoms with E-state index >= 15 is 0 Å². The number of methoxy groups -OCH3 is 1. The fourth-order valence-electron chi connectivity index (χ4n) is 3.40. The number of ether oxygens (including phenoxy) is 1. The van der Waals surface area contributed by atoms with Crippen molar-refractivity contribution in [3.8, 4) is 5.75 Å². The maximum Gasteiger partial charge on any atom is 0.233 e. The molecule has 25 heavy (non-hydrogen) atoms. The van der Waals surface area contributed by atoms with Crippen molar-refractivity contribution in [2.75, 3.05) is 19.4 Å². The molecular weight excluding hydrogens is 330 g/mol. The molecule has 1 aliphatic heterocycles. The molecule has 3 rings (SSSR count). The second-order valence-electron chi connectivity index (χ2n) is 6.50. The molecule has 132 valence electrons. The van der Waals surface area contributed by atoms with Gasteiger partial charge < -0.3 is 9.64 Å². The highest BCUT2D eigenvalue weighted by atomic mass is 32.2. The Hall–Kier alpha value is -1.94. The van der Waals surface area contributed by atoms with Gasteiger partial charge in [-0.3, -0.25) is 4.79 Å². The summed E-state index contributed by atoms with van der Waals surface area (Å²) in [6.45, 7) is 2.95. The van der Waals surface area contributed by atoms with E-state index in [1.54, 1.807) is 18.9 Å². The first-order valence-corrected chi connectivity index (χ1v) is 9.89. The first kappa shape index (κ1) is 17.9. The molecule has 1 fully saturated rings. The predicted octanol–water partition coefficient (Wildman–Crippen LogP) is 4.60. The van der Waals surface area contributed by atoms with Gasteiger partial charge in [-0.1, -0.05) is 42.0 Å². The highest BCUT2D eigenvalue weighted by Crippen LogP contribution is 2.34. The van der Waals surface area contributed by atoms with Gasteiger partial charge >= 0.3 is 0 Å². The van der Waals surface area contributed by atoms with Gasteiger partial charge in [-0.2, -0.15) is 0 Å². The van der Waals surface area contributed by atoms with Crippen molar-refractivity contribution in [1.82, 2.24) is 4.90 Å². The quantitative estimate of drug-likeness (QED) is 0.758. The molecule has 0 bridgehead atoms. The molecule has 0 aliphatic carbocycles. The smallest absolute Gasteiger partial charge is 0.233 e. The van der Waals surface area contributed by atoms with E-state index in [0.717, 1.165) is 30.9 Å². The van der Waals surface area contributed by atoms with Crippen molar-refractivity contribution in [3.05, 3.63) is 65.2 Å². The maximum absolute atomic E-state index is 12.7. The predicted molar refractivity (Wildman–Crippen MR) is 104 cm³/mol. The zero-order valence-electron chi connectivity index (χ0n) is 14.9. The SMILES string of the molecule is COc1cccc(C2CCCN2C(=O)CSCc2cccc(C)c2)c1. The molecule has 0 saturated carbocycles. The zero-order chi connectivity index (χ0) is 17.6. The van der Waals surface area contributed by atoms with E-state index in [-0.39, 0.29) is 11.9 Å². The molecule has 2 aromatic carbocycles. The van der Waals surface area contributed by atoms with Crippen molar-refractivity contribution in [2.24, 2.45) is 0 Å². The van der Waals surface area contributed by atoms with E-state index in [4.69, 9.17) is 4.74 Å². The molecule has 0 spiro atoms. The Balaban J connectivity index is 1.58. The Morgan fingerprint density at radius 3 is 2.88 bits per heavy atom. The average molecular weight is 356 g/mol. The van der Waals surface area contributed by atoms with Crippen molar-refractivity contribution >= 4 is 17.7 Å². The third-order valence-corrected chi connectivity index (χ3v) is 5.62. The summed E-state index contributed by atoms with van der Waals surface area (Å²) in [5, 5.41) is 0. The summed E-state index contributed by atoms with van der Waals surface area (Å²) in [7, 11) is 1.68. The number of rotatable bonds is 6. The lowest BCUT2D eigenvalue weighted by Gasteiger charge is -2.25. The monoisotopic (exact) mass is 355 g/mol. The number of nitrogens with zero attached hydrogens (tertiary/aromatic N) is 1. The molecule has 1 saturated heterocycles. The summed E-state index contributed by atoms with van der Waals surface area (Å²) in [6.07, 6.45) is 2.09. The third-order valence-electron chi connectivity index (χ3n) is 4.63. The lowest BCUT2D eigenvalue weighted by molar-refractivity contribution is -0.129. The molecule has 1 unspecified atom stereocenters. The Labute approximate surface area is 154 Å². The number of hydrogen-bond acceptors (Lipinski definition) is 3. The van der Waals surface area contributed by atoms with Crippen LogP contribution in [0.25, 0.3) is 0 Å². The molecule has 2 aromatic rings. The van der Waals surface area contributed by atoms with Crippen molar-refractivity contribution in [1.29, 1.82) is 0 Å². The molecule has 4 heteroatoms. The number of carbonyl (C=O) groups is 1. The van der Waals surface area contributed by atoms with Gasteiger partial charge in [0.2, 0.25) is 5.91 Å². The van der Waals surface area contributed by atoms with Crippen LogP contribution in [0.1, 0.15) is 35.6 Å². The molecule has 0 N–H and O–H groups in total. The second kappa shape index (κ2) is 8.43. The van der Waals surface area contributed by atoms with E-state index in [9.17, 15) is 4.79 Å². The second-order valence-corrected chi connectivity index (χ2v) is 7.49. The van der Waals surface area contributed by atoms with Crippen molar-refractivity contribution in [3.63, 3.8) is 0 Å². The third kappa shape index (κ3) is 4.57. The van der Waals surface area contributed by atoms with Crippen LogP contribution in [-0.4, -0.2) is 30.2 Å². The van der Waals surface area contributed by atoms with Gasteiger partial charge in [0.1, 0.15) is 5.75 Å². The molecule has 1 aliphatic rings. The largest absolute Gasteiger partial charge is 0.497 e. The number of thioether (sulfide) groups is 1. The molecule has 1 atom stereocenters. The summed E-state index contributed by atoms with van der Waals surface area (Å²) >= 11 is 1.70. The van der Waals surface area contributed by atoms with Gasteiger partial charge in [-0.05, 0) is 43.0 Å². The van der Waals surface area contributed by atoms with Crippen molar-refractivity contribution in [2.45, 2.75) is 31.6 Å². The number of carbonyl (C=O) groups excluding carboxylic acids is 1. The Morgan fingerprint density at radius 1 is 1.24 bits per heavy atom. The molecule has 0 radical (unpaired) electrons. The topological polar surface area (TPSA) is 29.5 Å². The first-order chi connectivity index (χ1) is 12.2. The highest BCUT2D eigenvalue weighted by Gasteiger charge is 2.29. The minimum Gasteiger partial charge on any atom is -0.497 e. The summed E-state index contributed by atoms with van der Waals surface area (Å²) in [5.74, 6) is 2.51. The minimum absolute atomic E-state index is 0.183. The Kier molecular flexibility index (Phi) is 6.03. The fraction of sp³-hybridized carbons (Fsp3) is 0.381. The van der Waals surface area contributed by atoms with Crippen LogP contribution >= 0.6 is 11.8 Å². The lowest BCUT2D eigenvalue weighted by Crippen LogP contribution is -2.32. The van der Waals surface area contributed by atoms with E-state index in [1.165, 1.54) is 16.7 Å². The molecular formula is C21H25NO2S. The van der Waals surface area contributed by atoms with Crippen LogP contribution < -0.4 is 4.74 Å². The normalized spacial score (nSPS) is 16.9. The molecule has 3 nitrogen and oxygen atoms in total. The average Bonchev–Trinajstić information content (AvgIpc) is 3.12. The summed E-state index contributed by atoms with van der Waals surface area (Å²) in [4.78, 5) is 14.8. The van der Waals surface area contributed by atoms with Crippen LogP contribution in [0.5, 0.6) is 5.75 Å². The minimum atomic E-state index is 0.183. The fourth-order valence-corrected chi connectivity index (χ4v) is 4.26. The van der Waals surface area contributed by atoms with Crippen LogP contribution in [-0.2, 0) is 10.5 Å². The van der Waals surface area contributed by atoms with Crippen LogP contribution in [0, 0.1) is 6.92 Å². The number of likely N-dealkylation sites (tertiary alicyclic amines) is 1. The van der Waals surface area contributed by atoms with E-state index in [0.29, 0.717) is 5.75 Å². The molecule has 0 aromatic heterocycles. The number of hydrogen-bond donors (Lipinski definition) is 0. The van der Waals surface area contributed by atoms with Gasteiger partial charge in [-0.25, -0.2) is 0 Å². The Morgan fingerprint density at radius 2 is 2.08 bits per heavy atom. The van der Waals surface area contributed by atoms with E-state index < -0.39 is 0 Å². The van der Waals surface area contributed by atoms with Crippen LogP contribution in [0.15, 0.2) is 48.5 Å². The molecule has 1 amide bonds. The van der Waals surface area contributed by atoms with Gasteiger partial charge in [0, 0.05) is 12.3 Å². The van der Waals surface area contributed by atoms with Gasteiger partial charge in [0.15, 0.2) is 0 Å². The van der Waals surface area contributed by atoms with E-state index in [2.05, 4.69) is 43.3 Å². The van der Waals surface area contributed by atoms with Crippen LogP contribution in [0.3, 0.4) is 0 Å². The number of amides is 1. The first-order valence-electron chi connectivity index (χ1n) is 8.74. The zero-order valence-corrected chi connectivity index (χ0v) is 15.7. The number of benzene rings is 2. The van der Waals surface area contributed by atoms with Crippen LogP contribution in [0.2, 0.25) is 0 Å². The van der Waals surface area contributed by atoms with Gasteiger partial charge in [-0.15, -0.1) is 11.8 Å². The summed E-state index contributed by atoms with van der Waals surface area (Å²) in [5.41, 5.74) is 3.72. The Bertz CT molecular complexity index is 731. The standard InChI is InChI=1S/C21H25NO2S/c1-16-6-3-7-17(12-16)14-25-15-21(23)22-11-5-10-20(22)18-8-4-9-19(13-18)24-2/h3-4,6-9,12-13,20H,5,10-11,14-15H2,1-2H3. The van der Waals surface area contributed by atoms with Gasteiger partial charge in [0.25, 0.3) is 0 Å². The lowest BCUT2D eigenvalue weighted by atomic mass is 10.0. The molecule has 1 heterocycles. The maximum atomic E-state index is 12.7. The van der Waals surface area contributed by atoms with Crippen molar-refractivity contribution < 1.29 is 9.53 Å². The number of aryl methyl sites for hydroxylation is 1. The highest BCUT2D eigenvalue weighted by molar-refractivity contribution is 7.99. The van der Waals surface area contributed by atoms with Gasteiger partial charge in [0.05, 0.1) is 18.9 Å².